The van der Waals surface area contributed by atoms with Gasteiger partial charge in [-0.1, -0.05) is 97.9 Å². The van der Waals surface area contributed by atoms with Crippen molar-refractivity contribution in [3.63, 3.8) is 0 Å². The first-order valence-electron chi connectivity index (χ1n) is 9.51. The molecule has 28 heavy (non-hydrogen) atoms. The van der Waals surface area contributed by atoms with Gasteiger partial charge in [0.1, 0.15) is 0 Å². The van der Waals surface area contributed by atoms with Crippen molar-refractivity contribution in [2.75, 3.05) is 0 Å². The molecule has 4 heteroatoms. The maximum Gasteiger partial charge on any atom is 0.380 e. The zero-order chi connectivity index (χ0) is 19.8. The van der Waals surface area contributed by atoms with Crippen LogP contribution in [0.2, 0.25) is 0 Å². The summed E-state index contributed by atoms with van der Waals surface area (Å²) in [6.45, 7) is 3.86. The van der Waals surface area contributed by atoms with Crippen LogP contribution in [0.5, 0.6) is 0 Å². The van der Waals surface area contributed by atoms with Crippen LogP contribution in [0.25, 0.3) is 0 Å². The van der Waals surface area contributed by atoms with Crippen LogP contribution < -0.4 is 15.6 Å². The van der Waals surface area contributed by atoms with Gasteiger partial charge in [0, 0.05) is 0 Å². The second kappa shape index (κ2) is 9.16. The van der Waals surface area contributed by atoms with Gasteiger partial charge in [-0.2, -0.15) is 5.26 Å². The molecule has 3 rings (SSSR count). The van der Waals surface area contributed by atoms with E-state index < -0.39 is 8.32 Å². The van der Waals surface area contributed by atoms with E-state index in [1.807, 2.05) is 68.4 Å². The molecule has 0 aliphatic heterocycles. The Bertz CT molecular complexity index is 853. The van der Waals surface area contributed by atoms with Crippen molar-refractivity contribution in [1.82, 2.24) is 0 Å². The van der Waals surface area contributed by atoms with Gasteiger partial charge < -0.3 is 4.53 Å². The number of hydrogen-bond donors (Lipinski definition) is 0. The van der Waals surface area contributed by atoms with E-state index in [0.29, 0.717) is 12.1 Å². The lowest BCUT2D eigenvalue weighted by Gasteiger charge is -2.30. The molecule has 140 valence electrons. The van der Waals surface area contributed by atoms with Crippen LogP contribution >= 0.6 is 0 Å². The largest absolute Gasteiger partial charge is 0.438 e. The zero-order valence-electron chi connectivity index (χ0n) is 16.2. The first-order valence-corrected chi connectivity index (χ1v) is 11.4. The highest BCUT2D eigenvalue weighted by Crippen LogP contribution is 2.12. The van der Waals surface area contributed by atoms with E-state index in [4.69, 9.17) is 4.53 Å². The van der Waals surface area contributed by atoms with Crippen LogP contribution in [0.15, 0.2) is 96.2 Å². The van der Waals surface area contributed by atoms with Gasteiger partial charge in [-0.25, -0.2) is 0 Å². The number of rotatable bonds is 7. The first kappa shape index (κ1) is 19.6. The van der Waals surface area contributed by atoms with E-state index in [1.54, 1.807) is 0 Å². The van der Waals surface area contributed by atoms with E-state index in [0.717, 1.165) is 15.6 Å². The van der Waals surface area contributed by atoms with E-state index in [-0.39, 0.29) is 5.92 Å². The average molecular weight is 385 g/mol. The van der Waals surface area contributed by atoms with Crippen molar-refractivity contribution in [3.05, 3.63) is 91.0 Å². The third-order valence-electron chi connectivity index (χ3n) is 4.94. The van der Waals surface area contributed by atoms with Gasteiger partial charge in [-0.3, -0.25) is 0 Å². The summed E-state index contributed by atoms with van der Waals surface area (Å²) in [5.74, 6) is -0.242. The van der Waals surface area contributed by atoms with E-state index in [2.05, 4.69) is 47.6 Å². The van der Waals surface area contributed by atoms with Gasteiger partial charge in [0.15, 0.2) is 0 Å². The summed E-state index contributed by atoms with van der Waals surface area (Å²) in [7, 11) is -2.85. The SMILES string of the molecule is CCC(C#N)/C(C)=N/O[Si](c1ccccc1)(c1ccccc1)c1ccccc1. The van der Waals surface area contributed by atoms with Gasteiger partial charge in [0.05, 0.1) is 17.7 Å². The second-order valence-electron chi connectivity index (χ2n) is 6.69. The first-order chi connectivity index (χ1) is 13.7. The monoisotopic (exact) mass is 384 g/mol. The highest BCUT2D eigenvalue weighted by atomic mass is 28.4. The average Bonchev–Trinajstić information content (AvgIpc) is 2.77. The Balaban J connectivity index is 2.23. The molecule has 0 aliphatic carbocycles. The molecular weight excluding hydrogens is 360 g/mol. The quantitative estimate of drug-likeness (QED) is 0.270. The normalized spacial score (nSPS) is 12.8. The molecule has 1 atom stereocenters. The summed E-state index contributed by atoms with van der Waals surface area (Å²) in [5.41, 5.74) is 0.713. The smallest absolute Gasteiger partial charge is 0.380 e. The molecule has 0 N–H and O–H groups in total. The molecule has 0 aliphatic rings. The Labute approximate surface area is 168 Å². The fourth-order valence-electron chi connectivity index (χ4n) is 3.36. The van der Waals surface area contributed by atoms with Gasteiger partial charge in [0.2, 0.25) is 0 Å². The Morgan fingerprint density at radius 2 is 1.25 bits per heavy atom. The van der Waals surface area contributed by atoms with Crippen molar-refractivity contribution >= 4 is 29.6 Å². The number of oxime groups is 1. The molecule has 0 fully saturated rings. The molecule has 0 spiro atoms. The molecule has 0 saturated carbocycles. The lowest BCUT2D eigenvalue weighted by molar-refractivity contribution is 0.345. The van der Waals surface area contributed by atoms with Crippen LogP contribution in [0.3, 0.4) is 0 Å². The van der Waals surface area contributed by atoms with Crippen LogP contribution in [0.4, 0.5) is 0 Å². The molecule has 3 aromatic rings. The van der Waals surface area contributed by atoms with Crippen LogP contribution in [-0.2, 0) is 4.53 Å². The highest BCUT2D eigenvalue weighted by Gasteiger charge is 2.45. The molecule has 0 bridgehead atoms. The maximum atomic E-state index is 9.40. The van der Waals surface area contributed by atoms with Crippen molar-refractivity contribution < 1.29 is 4.53 Å². The fourth-order valence-corrected chi connectivity index (χ4v) is 6.94. The van der Waals surface area contributed by atoms with Gasteiger partial charge in [-0.15, -0.1) is 5.16 Å². The number of nitriles is 1. The molecule has 1 unspecified atom stereocenters. The van der Waals surface area contributed by atoms with Crippen molar-refractivity contribution in [2.45, 2.75) is 20.3 Å². The van der Waals surface area contributed by atoms with E-state index >= 15 is 0 Å². The molecule has 0 radical (unpaired) electrons. The molecule has 0 amide bonds. The summed E-state index contributed by atoms with van der Waals surface area (Å²) >= 11 is 0. The summed E-state index contributed by atoms with van der Waals surface area (Å²) < 4.78 is 6.51. The summed E-state index contributed by atoms with van der Waals surface area (Å²) in [5, 5.41) is 17.3. The van der Waals surface area contributed by atoms with Crippen LogP contribution in [0, 0.1) is 17.2 Å². The minimum atomic E-state index is -2.85. The molecule has 3 aromatic carbocycles. The topological polar surface area (TPSA) is 45.4 Å². The molecule has 0 heterocycles. The molecular formula is C24H24N2OSi. The second-order valence-corrected chi connectivity index (χ2v) is 9.97. The Kier molecular flexibility index (Phi) is 6.41. The van der Waals surface area contributed by atoms with Crippen molar-refractivity contribution in [3.8, 4) is 6.07 Å². The van der Waals surface area contributed by atoms with Gasteiger partial charge >= 0.3 is 8.32 Å². The fraction of sp³-hybridized carbons (Fsp3) is 0.167. The molecule has 3 nitrogen and oxygen atoms in total. The van der Waals surface area contributed by atoms with Crippen molar-refractivity contribution in [2.24, 2.45) is 11.1 Å². The Hall–Kier alpha value is -3.16. The summed E-state index contributed by atoms with van der Waals surface area (Å²) in [4.78, 5) is 0. The van der Waals surface area contributed by atoms with E-state index in [1.165, 1.54) is 0 Å². The standard InChI is InChI=1S/C24H24N2OSi/c1-3-21(19-25)20(2)26-27-28(22-13-7-4-8-14-22,23-15-9-5-10-16-23)24-17-11-6-12-18-24/h4-18,21H,3H2,1-2H3/b26-20+. The number of nitrogens with zero attached hydrogens (tertiary/aromatic N) is 2. The summed E-state index contributed by atoms with van der Waals surface area (Å²) in [6.07, 6.45) is 0.714. The van der Waals surface area contributed by atoms with Crippen LogP contribution in [-0.4, -0.2) is 14.0 Å². The number of hydrogen-bond acceptors (Lipinski definition) is 3. The van der Waals surface area contributed by atoms with Crippen molar-refractivity contribution in [1.29, 1.82) is 5.26 Å². The van der Waals surface area contributed by atoms with Crippen LogP contribution in [0.1, 0.15) is 20.3 Å². The number of benzene rings is 3. The Morgan fingerprint density at radius 3 is 1.57 bits per heavy atom. The molecule has 0 saturated heterocycles. The highest BCUT2D eigenvalue weighted by molar-refractivity contribution is 7.07. The lowest BCUT2D eigenvalue weighted by atomic mass is 10.0. The predicted molar refractivity (Wildman–Crippen MR) is 118 cm³/mol. The van der Waals surface area contributed by atoms with E-state index in [9.17, 15) is 5.26 Å². The summed E-state index contributed by atoms with van der Waals surface area (Å²) in [6, 6.07) is 33.2. The maximum absolute atomic E-state index is 9.40. The molecule has 0 aromatic heterocycles. The van der Waals surface area contributed by atoms with Gasteiger partial charge in [-0.05, 0) is 28.9 Å². The predicted octanol–water partition coefficient (Wildman–Crippen LogP) is 3.60. The lowest BCUT2D eigenvalue weighted by Crippen LogP contribution is -2.68. The minimum absolute atomic E-state index is 0.242. The minimum Gasteiger partial charge on any atom is -0.438 e. The Morgan fingerprint density at radius 1 is 0.857 bits per heavy atom. The zero-order valence-corrected chi connectivity index (χ0v) is 17.2. The van der Waals surface area contributed by atoms with Gasteiger partial charge in [0.25, 0.3) is 0 Å². The third kappa shape index (κ3) is 3.90. The third-order valence-corrected chi connectivity index (χ3v) is 8.74.